The first kappa shape index (κ1) is 17.3. The standard InChI is InChI=1S/C21H15N3O4/c25-20(18-7-4-12-27-18)22-15-8-10-16(11-9-15)23-21(26)19-13-17(24-28-19)14-5-2-1-3-6-14/h1-13H,(H,22,25)(H,23,26). The van der Waals surface area contributed by atoms with Crippen molar-refractivity contribution < 1.29 is 18.5 Å². The highest BCUT2D eigenvalue weighted by atomic mass is 16.5. The number of benzene rings is 2. The number of furan rings is 1. The third-order valence-electron chi connectivity index (χ3n) is 3.95. The van der Waals surface area contributed by atoms with Gasteiger partial charge >= 0.3 is 0 Å². The van der Waals surface area contributed by atoms with Gasteiger partial charge in [0.05, 0.1) is 6.26 Å². The van der Waals surface area contributed by atoms with Crippen LogP contribution in [0.2, 0.25) is 0 Å². The zero-order valence-corrected chi connectivity index (χ0v) is 14.6. The molecule has 0 bridgehead atoms. The van der Waals surface area contributed by atoms with E-state index in [0.717, 1.165) is 5.56 Å². The van der Waals surface area contributed by atoms with Crippen molar-refractivity contribution in [3.05, 3.63) is 90.6 Å². The summed E-state index contributed by atoms with van der Waals surface area (Å²) in [5.74, 6) is -0.440. The van der Waals surface area contributed by atoms with Gasteiger partial charge in [0.2, 0.25) is 5.76 Å². The molecule has 0 aliphatic rings. The Morgan fingerprint density at radius 2 is 1.39 bits per heavy atom. The lowest BCUT2D eigenvalue weighted by molar-refractivity contribution is 0.0983. The van der Waals surface area contributed by atoms with Crippen molar-refractivity contribution in [2.45, 2.75) is 0 Å². The lowest BCUT2D eigenvalue weighted by Gasteiger charge is -2.06. The molecule has 28 heavy (non-hydrogen) atoms. The number of aromatic nitrogens is 1. The monoisotopic (exact) mass is 373 g/mol. The van der Waals surface area contributed by atoms with Crippen molar-refractivity contribution in [3.8, 4) is 11.3 Å². The first-order chi connectivity index (χ1) is 13.7. The van der Waals surface area contributed by atoms with Crippen LogP contribution >= 0.6 is 0 Å². The molecule has 4 aromatic rings. The summed E-state index contributed by atoms with van der Waals surface area (Å²) in [6, 6.07) is 20.9. The van der Waals surface area contributed by atoms with Gasteiger partial charge in [-0.15, -0.1) is 0 Å². The number of carbonyl (C=O) groups is 2. The fourth-order valence-corrected chi connectivity index (χ4v) is 2.56. The Hall–Kier alpha value is -4.13. The predicted octanol–water partition coefficient (Wildman–Crippen LogP) is 4.44. The van der Waals surface area contributed by atoms with Crippen LogP contribution in [0, 0.1) is 0 Å². The minimum Gasteiger partial charge on any atom is -0.459 e. The van der Waals surface area contributed by atoms with Crippen molar-refractivity contribution in [1.29, 1.82) is 0 Å². The van der Waals surface area contributed by atoms with Crippen LogP contribution in [0.25, 0.3) is 11.3 Å². The van der Waals surface area contributed by atoms with E-state index in [-0.39, 0.29) is 17.4 Å². The summed E-state index contributed by atoms with van der Waals surface area (Å²) < 4.78 is 10.2. The van der Waals surface area contributed by atoms with E-state index in [0.29, 0.717) is 17.1 Å². The summed E-state index contributed by atoms with van der Waals surface area (Å²) >= 11 is 0. The number of rotatable bonds is 5. The second-order valence-electron chi connectivity index (χ2n) is 5.91. The first-order valence-corrected chi connectivity index (χ1v) is 8.47. The summed E-state index contributed by atoms with van der Waals surface area (Å²) in [4.78, 5) is 24.3. The maximum atomic E-state index is 12.3. The maximum Gasteiger partial charge on any atom is 0.294 e. The zero-order chi connectivity index (χ0) is 19.3. The molecule has 0 aliphatic heterocycles. The third kappa shape index (κ3) is 3.83. The van der Waals surface area contributed by atoms with Crippen LogP contribution in [0.5, 0.6) is 0 Å². The lowest BCUT2D eigenvalue weighted by Crippen LogP contribution is -2.12. The van der Waals surface area contributed by atoms with Gasteiger partial charge in [-0.25, -0.2) is 0 Å². The second kappa shape index (κ2) is 7.63. The van der Waals surface area contributed by atoms with Crippen LogP contribution < -0.4 is 10.6 Å². The van der Waals surface area contributed by atoms with E-state index in [1.165, 1.54) is 6.26 Å². The Morgan fingerprint density at radius 1 is 0.750 bits per heavy atom. The highest BCUT2D eigenvalue weighted by Crippen LogP contribution is 2.20. The molecule has 7 heteroatoms. The van der Waals surface area contributed by atoms with E-state index in [2.05, 4.69) is 15.8 Å². The Labute approximate surface area is 160 Å². The van der Waals surface area contributed by atoms with Crippen LogP contribution in [0.15, 0.2) is 88.0 Å². The topological polar surface area (TPSA) is 97.4 Å². The average Bonchev–Trinajstić information content (AvgIpc) is 3.42. The van der Waals surface area contributed by atoms with E-state index in [9.17, 15) is 9.59 Å². The van der Waals surface area contributed by atoms with E-state index in [1.54, 1.807) is 42.5 Å². The Bertz CT molecular complexity index is 1080. The molecule has 0 saturated carbocycles. The van der Waals surface area contributed by atoms with Gasteiger partial charge in [-0.3, -0.25) is 9.59 Å². The molecule has 2 amide bonds. The fourth-order valence-electron chi connectivity index (χ4n) is 2.56. The van der Waals surface area contributed by atoms with Gasteiger partial charge in [0, 0.05) is 23.0 Å². The van der Waals surface area contributed by atoms with Gasteiger partial charge in [-0.2, -0.15) is 0 Å². The van der Waals surface area contributed by atoms with E-state index in [4.69, 9.17) is 8.94 Å². The quantitative estimate of drug-likeness (QED) is 0.539. The highest BCUT2D eigenvalue weighted by molar-refractivity contribution is 6.04. The second-order valence-corrected chi connectivity index (χ2v) is 5.91. The number of carbonyl (C=O) groups excluding carboxylic acids is 2. The lowest BCUT2D eigenvalue weighted by atomic mass is 10.1. The number of nitrogens with one attached hydrogen (secondary N) is 2. The number of amides is 2. The van der Waals surface area contributed by atoms with Crippen molar-refractivity contribution in [2.24, 2.45) is 0 Å². The Balaban J connectivity index is 1.40. The van der Waals surface area contributed by atoms with Gasteiger partial charge in [0.1, 0.15) is 5.69 Å². The molecule has 0 spiro atoms. The Kier molecular flexibility index (Phi) is 4.71. The largest absolute Gasteiger partial charge is 0.459 e. The third-order valence-corrected chi connectivity index (χ3v) is 3.95. The average molecular weight is 373 g/mol. The molecule has 2 aromatic carbocycles. The minimum absolute atomic E-state index is 0.106. The van der Waals surface area contributed by atoms with Crippen molar-refractivity contribution in [2.75, 3.05) is 10.6 Å². The van der Waals surface area contributed by atoms with E-state index in [1.807, 2.05) is 30.3 Å². The van der Waals surface area contributed by atoms with Gasteiger partial charge in [0.15, 0.2) is 5.76 Å². The molecule has 0 atom stereocenters. The normalized spacial score (nSPS) is 10.4. The van der Waals surface area contributed by atoms with Crippen LogP contribution in [0.4, 0.5) is 11.4 Å². The molecule has 2 heterocycles. The van der Waals surface area contributed by atoms with Crippen LogP contribution in [-0.4, -0.2) is 17.0 Å². The molecule has 2 N–H and O–H groups in total. The van der Waals surface area contributed by atoms with Crippen molar-refractivity contribution in [3.63, 3.8) is 0 Å². The molecule has 2 aromatic heterocycles. The molecular weight excluding hydrogens is 358 g/mol. The Morgan fingerprint density at radius 3 is 2.00 bits per heavy atom. The molecule has 0 fully saturated rings. The minimum atomic E-state index is -0.415. The summed E-state index contributed by atoms with van der Waals surface area (Å²) in [5.41, 5.74) is 2.58. The van der Waals surface area contributed by atoms with E-state index >= 15 is 0 Å². The van der Waals surface area contributed by atoms with Gasteiger partial charge in [-0.1, -0.05) is 35.5 Å². The van der Waals surface area contributed by atoms with Gasteiger partial charge in [-0.05, 0) is 36.4 Å². The summed E-state index contributed by atoms with van der Waals surface area (Å²) in [6.07, 6.45) is 1.43. The highest BCUT2D eigenvalue weighted by Gasteiger charge is 2.14. The first-order valence-electron chi connectivity index (χ1n) is 8.47. The number of nitrogens with zero attached hydrogens (tertiary/aromatic N) is 1. The van der Waals surface area contributed by atoms with Crippen molar-refractivity contribution >= 4 is 23.2 Å². The van der Waals surface area contributed by atoms with Gasteiger partial charge < -0.3 is 19.6 Å². The maximum absolute atomic E-state index is 12.3. The molecule has 0 aliphatic carbocycles. The molecule has 7 nitrogen and oxygen atoms in total. The SMILES string of the molecule is O=C(Nc1ccc(NC(=O)c2cc(-c3ccccc3)no2)cc1)c1ccco1. The summed E-state index contributed by atoms with van der Waals surface area (Å²) in [7, 11) is 0. The number of hydrogen-bond acceptors (Lipinski definition) is 5. The predicted molar refractivity (Wildman–Crippen MR) is 103 cm³/mol. The fraction of sp³-hybridized carbons (Fsp3) is 0. The van der Waals surface area contributed by atoms with Crippen LogP contribution in [0.1, 0.15) is 21.1 Å². The molecule has 0 radical (unpaired) electrons. The van der Waals surface area contributed by atoms with Gasteiger partial charge in [0.25, 0.3) is 11.8 Å². The molecular formula is C21H15N3O4. The number of anilines is 2. The van der Waals surface area contributed by atoms with Crippen molar-refractivity contribution in [1.82, 2.24) is 5.16 Å². The smallest absolute Gasteiger partial charge is 0.294 e. The number of hydrogen-bond donors (Lipinski definition) is 2. The van der Waals surface area contributed by atoms with Crippen LogP contribution in [0.3, 0.4) is 0 Å². The summed E-state index contributed by atoms with van der Waals surface area (Å²) in [6.45, 7) is 0. The molecule has 0 unspecified atom stereocenters. The zero-order valence-electron chi connectivity index (χ0n) is 14.6. The molecule has 0 saturated heterocycles. The summed E-state index contributed by atoms with van der Waals surface area (Å²) in [5, 5.41) is 9.36. The molecule has 138 valence electrons. The van der Waals surface area contributed by atoms with Crippen LogP contribution in [-0.2, 0) is 0 Å². The van der Waals surface area contributed by atoms with E-state index < -0.39 is 5.91 Å². The molecule has 4 rings (SSSR count).